The molecule has 0 bridgehead atoms. The molecule has 3 aliphatic rings. The van der Waals surface area contributed by atoms with Crippen LogP contribution in [0.25, 0.3) is 0 Å². The first kappa shape index (κ1) is 27.5. The van der Waals surface area contributed by atoms with Crippen molar-refractivity contribution in [2.45, 2.75) is 88.5 Å². The normalized spacial score (nSPS) is 30.2. The van der Waals surface area contributed by atoms with Crippen molar-refractivity contribution in [1.82, 2.24) is 5.32 Å². The molecule has 0 aromatic heterocycles. The highest BCUT2D eigenvalue weighted by Gasteiger charge is 2.58. The molecule has 7 nitrogen and oxygen atoms in total. The fraction of sp³-hybridized carbons (Fsp3) is 0.552. The lowest BCUT2D eigenvalue weighted by atomic mass is 9.78. The average molecular weight is 548 g/mol. The van der Waals surface area contributed by atoms with Gasteiger partial charge in [0.05, 0.1) is 31.5 Å². The van der Waals surface area contributed by atoms with Crippen molar-refractivity contribution in [2.24, 2.45) is 0 Å². The van der Waals surface area contributed by atoms with Gasteiger partial charge >= 0.3 is 0 Å². The van der Waals surface area contributed by atoms with Crippen LogP contribution in [0.15, 0.2) is 48.5 Å². The van der Waals surface area contributed by atoms with Crippen molar-refractivity contribution >= 4 is 17.5 Å². The molecule has 2 heterocycles. The van der Waals surface area contributed by atoms with E-state index in [-0.39, 0.29) is 50.0 Å². The summed E-state index contributed by atoms with van der Waals surface area (Å²) in [5, 5.41) is 3.65. The molecule has 0 spiro atoms. The Kier molecular flexibility index (Phi) is 8.38. The van der Waals surface area contributed by atoms with E-state index in [9.17, 15) is 9.18 Å². The van der Waals surface area contributed by atoms with Gasteiger partial charge in [0.25, 0.3) is 5.91 Å². The minimum absolute atomic E-state index is 0.0289. The predicted molar refractivity (Wildman–Crippen MR) is 139 cm³/mol. The summed E-state index contributed by atoms with van der Waals surface area (Å²) in [6, 6.07) is 13.8. The first-order chi connectivity index (χ1) is 18.2. The lowest BCUT2D eigenvalue weighted by Crippen LogP contribution is -2.60. The Bertz CT molecular complexity index is 1130. The van der Waals surface area contributed by atoms with Crippen LogP contribution in [-0.4, -0.2) is 54.9 Å². The highest BCUT2D eigenvalue weighted by molar-refractivity contribution is 6.30. The van der Waals surface area contributed by atoms with Crippen LogP contribution < -0.4 is 5.32 Å². The summed E-state index contributed by atoms with van der Waals surface area (Å²) in [6.07, 6.45) is 0.966. The molecule has 9 heteroatoms. The number of benzene rings is 2. The summed E-state index contributed by atoms with van der Waals surface area (Å²) in [6.45, 7) is 4.98. The van der Waals surface area contributed by atoms with Crippen LogP contribution in [0, 0.1) is 5.82 Å². The molecule has 1 aliphatic carbocycles. The van der Waals surface area contributed by atoms with E-state index >= 15 is 0 Å². The Labute approximate surface area is 227 Å². The third-order valence-corrected chi connectivity index (χ3v) is 7.63. The average Bonchev–Trinajstić information content (AvgIpc) is 3.51. The van der Waals surface area contributed by atoms with Crippen LogP contribution >= 0.6 is 11.6 Å². The van der Waals surface area contributed by atoms with E-state index in [2.05, 4.69) is 5.32 Å². The zero-order valence-corrected chi connectivity index (χ0v) is 22.5. The van der Waals surface area contributed by atoms with Crippen molar-refractivity contribution in [3.63, 3.8) is 0 Å². The number of halogens is 2. The standard InChI is InChI=1S/C29H35ClFNO6/c1-28(2)37-25-15-29(27(33)32-16-22-10-6-12-34-22,36-18-20-8-3-4-11-23(20)31)14-24(26(25)38-28)35-17-19-7-5-9-21(30)13-19/h3-5,7-9,11,13,22,24-26H,6,10,12,14-18H2,1-2H3,(H,32,33)/t22?,24?,25-,26+,29-/m1/s1. The number of carbonyl (C=O) groups excluding carboxylic acids is 1. The van der Waals surface area contributed by atoms with Gasteiger partial charge in [0.1, 0.15) is 11.9 Å². The Morgan fingerprint density at radius 2 is 1.97 bits per heavy atom. The number of rotatable bonds is 9. The van der Waals surface area contributed by atoms with Gasteiger partial charge < -0.3 is 29.0 Å². The van der Waals surface area contributed by atoms with Crippen LogP contribution in [0.3, 0.4) is 0 Å². The Hall–Kier alpha value is -2.07. The monoisotopic (exact) mass is 547 g/mol. The van der Waals surface area contributed by atoms with Gasteiger partial charge in [0, 0.05) is 36.6 Å². The number of carbonyl (C=O) groups is 1. The van der Waals surface area contributed by atoms with Gasteiger partial charge in [-0.1, -0.05) is 41.9 Å². The molecule has 1 amide bonds. The molecular weight excluding hydrogens is 513 g/mol. The van der Waals surface area contributed by atoms with E-state index in [4.69, 9.17) is 35.3 Å². The smallest absolute Gasteiger partial charge is 0.252 e. The Morgan fingerprint density at radius 1 is 1.13 bits per heavy atom. The predicted octanol–water partition coefficient (Wildman–Crippen LogP) is 4.93. The van der Waals surface area contributed by atoms with Gasteiger partial charge in [-0.2, -0.15) is 0 Å². The summed E-state index contributed by atoms with van der Waals surface area (Å²) in [5.74, 6) is -1.51. The minimum atomic E-state index is -1.31. The topological polar surface area (TPSA) is 75.3 Å². The Balaban J connectivity index is 1.40. The van der Waals surface area contributed by atoms with Crippen LogP contribution in [0.4, 0.5) is 4.39 Å². The Morgan fingerprint density at radius 3 is 2.74 bits per heavy atom. The molecule has 2 aromatic rings. The van der Waals surface area contributed by atoms with Gasteiger partial charge in [-0.05, 0) is 50.5 Å². The molecule has 2 aromatic carbocycles. The fourth-order valence-electron chi connectivity index (χ4n) is 5.54. The van der Waals surface area contributed by atoms with Crippen molar-refractivity contribution < 1.29 is 32.9 Å². The summed E-state index contributed by atoms with van der Waals surface area (Å²) in [7, 11) is 0. The fourth-order valence-corrected chi connectivity index (χ4v) is 5.76. The van der Waals surface area contributed by atoms with E-state index < -0.39 is 23.6 Å². The summed E-state index contributed by atoms with van der Waals surface area (Å²) in [5.41, 5.74) is -0.0371. The van der Waals surface area contributed by atoms with Crippen LogP contribution in [0.2, 0.25) is 5.02 Å². The van der Waals surface area contributed by atoms with E-state index in [1.165, 1.54) is 6.07 Å². The second-order valence-corrected chi connectivity index (χ2v) is 11.2. The SMILES string of the molecule is CC1(C)O[C@@H]2C[C@@](OCc3ccccc3F)(C(=O)NCC3CCCO3)CC(OCc3cccc(Cl)c3)[C@@H]2O1. The number of fused-ring (bicyclic) bond motifs is 1. The van der Waals surface area contributed by atoms with Gasteiger partial charge in [-0.25, -0.2) is 4.39 Å². The maximum atomic E-state index is 14.5. The first-order valence-electron chi connectivity index (χ1n) is 13.2. The maximum absolute atomic E-state index is 14.5. The van der Waals surface area contributed by atoms with Crippen LogP contribution in [-0.2, 0) is 41.7 Å². The molecule has 0 radical (unpaired) electrons. The van der Waals surface area contributed by atoms with Crippen LogP contribution in [0.1, 0.15) is 50.7 Å². The van der Waals surface area contributed by atoms with E-state index in [0.29, 0.717) is 23.7 Å². The summed E-state index contributed by atoms with van der Waals surface area (Å²) < 4.78 is 45.4. The van der Waals surface area contributed by atoms with Crippen molar-refractivity contribution in [3.8, 4) is 0 Å². The number of amides is 1. The molecule has 1 saturated carbocycles. The number of nitrogens with one attached hydrogen (secondary N) is 1. The molecule has 3 fully saturated rings. The third kappa shape index (κ3) is 6.38. The molecule has 2 saturated heterocycles. The zero-order chi connectivity index (χ0) is 26.8. The second kappa shape index (κ2) is 11.6. The minimum Gasteiger partial charge on any atom is -0.376 e. The highest BCUT2D eigenvalue weighted by atomic mass is 35.5. The molecule has 206 valence electrons. The summed E-state index contributed by atoms with van der Waals surface area (Å²) >= 11 is 6.17. The van der Waals surface area contributed by atoms with Gasteiger partial charge in [0.15, 0.2) is 11.4 Å². The molecule has 5 rings (SSSR count). The molecular formula is C29H35ClFNO6. The number of ether oxygens (including phenoxy) is 5. The molecule has 38 heavy (non-hydrogen) atoms. The third-order valence-electron chi connectivity index (χ3n) is 7.39. The van der Waals surface area contributed by atoms with E-state index in [0.717, 1.165) is 18.4 Å². The van der Waals surface area contributed by atoms with Gasteiger partial charge in [0.2, 0.25) is 0 Å². The van der Waals surface area contributed by atoms with Crippen molar-refractivity contribution in [2.75, 3.05) is 13.2 Å². The first-order valence-corrected chi connectivity index (χ1v) is 13.6. The van der Waals surface area contributed by atoms with Crippen LogP contribution in [0.5, 0.6) is 0 Å². The second-order valence-electron chi connectivity index (χ2n) is 10.7. The largest absolute Gasteiger partial charge is 0.376 e. The molecule has 1 N–H and O–H groups in total. The maximum Gasteiger partial charge on any atom is 0.252 e. The number of hydrogen-bond donors (Lipinski definition) is 1. The lowest BCUT2D eigenvalue weighted by molar-refractivity contribution is -0.184. The van der Waals surface area contributed by atoms with Crippen molar-refractivity contribution in [1.29, 1.82) is 0 Å². The lowest BCUT2D eigenvalue weighted by Gasteiger charge is -2.43. The van der Waals surface area contributed by atoms with E-state index in [1.54, 1.807) is 24.3 Å². The highest BCUT2D eigenvalue weighted by Crippen LogP contribution is 2.44. The molecule has 5 atom stereocenters. The number of hydrogen-bond acceptors (Lipinski definition) is 6. The summed E-state index contributed by atoms with van der Waals surface area (Å²) in [4.78, 5) is 13.8. The van der Waals surface area contributed by atoms with E-state index in [1.807, 2.05) is 32.0 Å². The zero-order valence-electron chi connectivity index (χ0n) is 21.8. The van der Waals surface area contributed by atoms with Crippen molar-refractivity contribution in [3.05, 3.63) is 70.5 Å². The van der Waals surface area contributed by atoms with Gasteiger partial charge in [-0.15, -0.1) is 0 Å². The quantitative estimate of drug-likeness (QED) is 0.480. The van der Waals surface area contributed by atoms with Gasteiger partial charge in [-0.3, -0.25) is 4.79 Å². The molecule has 2 unspecified atom stereocenters. The molecule has 2 aliphatic heterocycles.